The predicted molar refractivity (Wildman–Crippen MR) is 91.8 cm³/mol. The molecule has 1 aliphatic rings. The van der Waals surface area contributed by atoms with E-state index in [1.54, 1.807) is 0 Å². The van der Waals surface area contributed by atoms with Gasteiger partial charge in [0.2, 0.25) is 5.60 Å². The highest BCUT2D eigenvalue weighted by Crippen LogP contribution is 2.44. The van der Waals surface area contributed by atoms with Crippen LogP contribution >= 0.6 is 0 Å². The van der Waals surface area contributed by atoms with Gasteiger partial charge in [-0.3, -0.25) is 0 Å². The Bertz CT molecular complexity index is 853. The quantitative estimate of drug-likeness (QED) is 0.715. The summed E-state index contributed by atoms with van der Waals surface area (Å²) < 4.78 is 51.0. The molecule has 1 aromatic carbocycles. The Labute approximate surface area is 154 Å². The molecule has 0 aliphatic heterocycles. The van der Waals surface area contributed by atoms with E-state index in [-0.39, 0.29) is 11.0 Å². The molecule has 1 heterocycles. The van der Waals surface area contributed by atoms with Gasteiger partial charge in [-0.1, -0.05) is 31.8 Å². The van der Waals surface area contributed by atoms with Crippen molar-refractivity contribution >= 4 is 16.9 Å². The molecule has 1 aromatic heterocycles. The molecule has 0 atom stereocenters. The maximum atomic E-state index is 13.3. The number of rotatable bonds is 7. The molecule has 148 valence electrons. The number of aliphatic carboxylic acids is 1. The fraction of sp³-hybridized carbons (Fsp3) is 0.579. The van der Waals surface area contributed by atoms with Crippen LogP contribution in [-0.2, 0) is 23.8 Å². The van der Waals surface area contributed by atoms with Crippen molar-refractivity contribution in [2.45, 2.75) is 70.6 Å². The summed E-state index contributed by atoms with van der Waals surface area (Å²) in [6, 6.07) is 1.39. The van der Waals surface area contributed by atoms with Gasteiger partial charge in [0.25, 0.3) is 0 Å². The Hall–Kier alpha value is -2.25. The smallest absolute Gasteiger partial charge is 0.437 e. The summed E-state index contributed by atoms with van der Waals surface area (Å²) in [6.45, 7) is 3.79. The number of carboxylic acid groups (broad SMARTS) is 1. The van der Waals surface area contributed by atoms with Gasteiger partial charge in [0.05, 0.1) is 5.39 Å². The number of hydrogen-bond acceptors (Lipinski definition) is 4. The molecule has 1 fully saturated rings. The van der Waals surface area contributed by atoms with E-state index in [0.29, 0.717) is 55.4 Å². The van der Waals surface area contributed by atoms with Crippen LogP contribution in [0.5, 0.6) is 5.75 Å². The summed E-state index contributed by atoms with van der Waals surface area (Å²) in [7, 11) is 0. The third-order valence-electron chi connectivity index (χ3n) is 5.02. The first kappa shape index (κ1) is 19.5. The molecule has 0 bridgehead atoms. The van der Waals surface area contributed by atoms with Crippen molar-refractivity contribution in [3.63, 3.8) is 0 Å². The molecule has 2 aromatic rings. The van der Waals surface area contributed by atoms with E-state index in [1.807, 2.05) is 13.8 Å². The molecule has 3 rings (SSSR count). The normalized spacial score (nSPS) is 16.3. The number of ether oxygens (including phenoxy) is 1. The molecule has 0 amide bonds. The van der Waals surface area contributed by atoms with Gasteiger partial charge in [0.1, 0.15) is 5.75 Å². The number of carboxylic acids is 1. The van der Waals surface area contributed by atoms with Crippen LogP contribution in [0.15, 0.2) is 10.6 Å². The summed E-state index contributed by atoms with van der Waals surface area (Å²) in [6.07, 6.45) is -0.934. The van der Waals surface area contributed by atoms with E-state index in [2.05, 4.69) is 5.16 Å². The lowest BCUT2D eigenvalue weighted by Gasteiger charge is -2.38. The van der Waals surface area contributed by atoms with E-state index < -0.39 is 23.4 Å². The Morgan fingerprint density at radius 2 is 1.96 bits per heavy atom. The number of alkyl halides is 3. The van der Waals surface area contributed by atoms with Crippen LogP contribution in [0, 0.1) is 0 Å². The fourth-order valence-corrected chi connectivity index (χ4v) is 3.50. The Morgan fingerprint density at radius 3 is 2.44 bits per heavy atom. The lowest BCUT2D eigenvalue weighted by atomic mass is 9.80. The van der Waals surface area contributed by atoms with E-state index in [4.69, 9.17) is 9.26 Å². The molecular formula is C19H22F3NO4. The van der Waals surface area contributed by atoms with Crippen molar-refractivity contribution < 1.29 is 32.3 Å². The summed E-state index contributed by atoms with van der Waals surface area (Å²) in [5.74, 6) is -0.703. The minimum absolute atomic E-state index is 0.0268. The molecule has 0 spiro atoms. The van der Waals surface area contributed by atoms with Crippen LogP contribution in [0.1, 0.15) is 62.8 Å². The third kappa shape index (κ3) is 3.37. The van der Waals surface area contributed by atoms with Crippen LogP contribution in [0.2, 0.25) is 0 Å². The molecule has 27 heavy (non-hydrogen) atoms. The van der Waals surface area contributed by atoms with Crippen molar-refractivity contribution in [2.75, 3.05) is 0 Å². The predicted octanol–water partition coefficient (Wildman–Crippen LogP) is 5.14. The molecule has 1 saturated carbocycles. The lowest BCUT2D eigenvalue weighted by molar-refractivity contribution is -0.163. The van der Waals surface area contributed by atoms with Gasteiger partial charge in [-0.05, 0) is 43.7 Å². The molecule has 0 unspecified atom stereocenters. The molecule has 1 aliphatic carbocycles. The van der Waals surface area contributed by atoms with E-state index in [0.717, 1.165) is 6.42 Å². The van der Waals surface area contributed by atoms with Crippen LogP contribution in [0.3, 0.4) is 0 Å². The summed E-state index contributed by atoms with van der Waals surface area (Å²) in [4.78, 5) is 11.7. The van der Waals surface area contributed by atoms with Gasteiger partial charge in [-0.25, -0.2) is 4.79 Å². The minimum Gasteiger partial charge on any atom is -0.478 e. The van der Waals surface area contributed by atoms with Crippen molar-refractivity contribution in [2.24, 2.45) is 0 Å². The lowest BCUT2D eigenvalue weighted by Crippen LogP contribution is -2.50. The minimum atomic E-state index is -4.63. The van der Waals surface area contributed by atoms with Gasteiger partial charge in [-0.15, -0.1) is 0 Å². The second-order valence-electron chi connectivity index (χ2n) is 7.00. The first-order valence-corrected chi connectivity index (χ1v) is 9.17. The summed E-state index contributed by atoms with van der Waals surface area (Å²) >= 11 is 0. The molecule has 0 saturated heterocycles. The number of aromatic nitrogens is 1. The number of benzene rings is 1. The third-order valence-corrected chi connectivity index (χ3v) is 5.02. The van der Waals surface area contributed by atoms with Crippen molar-refractivity contribution in [3.8, 4) is 5.75 Å². The topological polar surface area (TPSA) is 72.6 Å². The highest BCUT2D eigenvalue weighted by molar-refractivity contribution is 5.87. The molecule has 0 radical (unpaired) electrons. The monoisotopic (exact) mass is 385 g/mol. The molecular weight excluding hydrogens is 363 g/mol. The van der Waals surface area contributed by atoms with Crippen LogP contribution < -0.4 is 4.74 Å². The van der Waals surface area contributed by atoms with E-state index >= 15 is 0 Å². The molecule has 1 N–H and O–H groups in total. The number of hydrogen-bond donors (Lipinski definition) is 1. The maximum absolute atomic E-state index is 13.3. The van der Waals surface area contributed by atoms with Crippen LogP contribution in [0.4, 0.5) is 13.2 Å². The average molecular weight is 385 g/mol. The summed E-state index contributed by atoms with van der Waals surface area (Å²) in [5, 5.41) is 12.7. The number of halogens is 3. The zero-order valence-electron chi connectivity index (χ0n) is 15.3. The average Bonchev–Trinajstić information content (AvgIpc) is 2.96. The number of aryl methyl sites for hydroxylation is 2. The van der Waals surface area contributed by atoms with Crippen molar-refractivity contribution in [1.82, 2.24) is 5.16 Å². The number of fused-ring (bicyclic) bond motifs is 1. The van der Waals surface area contributed by atoms with Crippen molar-refractivity contribution in [3.05, 3.63) is 22.9 Å². The highest BCUT2D eigenvalue weighted by atomic mass is 19.4. The van der Waals surface area contributed by atoms with Crippen LogP contribution in [-0.4, -0.2) is 21.8 Å². The van der Waals surface area contributed by atoms with Gasteiger partial charge in [0, 0.05) is 5.56 Å². The Morgan fingerprint density at radius 1 is 1.30 bits per heavy atom. The van der Waals surface area contributed by atoms with Crippen LogP contribution in [0.25, 0.3) is 11.0 Å². The second kappa shape index (κ2) is 7.05. The molecule has 5 nitrogen and oxygen atoms in total. The number of nitrogens with zero attached hydrogens (tertiary/aromatic N) is 1. The van der Waals surface area contributed by atoms with E-state index in [9.17, 15) is 23.1 Å². The van der Waals surface area contributed by atoms with Gasteiger partial charge in [0.15, 0.2) is 11.3 Å². The maximum Gasteiger partial charge on any atom is 0.437 e. The second-order valence-corrected chi connectivity index (χ2v) is 7.00. The van der Waals surface area contributed by atoms with Gasteiger partial charge < -0.3 is 14.4 Å². The zero-order chi connectivity index (χ0) is 19.8. The van der Waals surface area contributed by atoms with Gasteiger partial charge in [-0.2, -0.15) is 13.2 Å². The van der Waals surface area contributed by atoms with E-state index in [1.165, 1.54) is 6.07 Å². The first-order chi connectivity index (χ1) is 12.7. The largest absolute Gasteiger partial charge is 0.478 e. The highest BCUT2D eigenvalue weighted by Gasteiger charge is 2.48. The van der Waals surface area contributed by atoms with Gasteiger partial charge >= 0.3 is 12.1 Å². The zero-order valence-corrected chi connectivity index (χ0v) is 15.3. The van der Waals surface area contributed by atoms with Crippen molar-refractivity contribution in [1.29, 1.82) is 0 Å². The Kier molecular flexibility index (Phi) is 5.10. The first-order valence-electron chi connectivity index (χ1n) is 9.17. The fourth-order valence-electron chi connectivity index (χ4n) is 3.50. The standard InChI is InChI=1S/C19H22F3NO4/c1-3-6-11-10-13-15(27-23-16(13)19(20,21)22)12(7-4-2)14(11)26-18(17(24)25)8-5-9-18/h10H,3-9H2,1-2H3,(H,24,25). The SMILES string of the molecule is CCCc1cc2c(C(F)(F)F)noc2c(CCC)c1OC1(C(=O)O)CCC1. The summed E-state index contributed by atoms with van der Waals surface area (Å²) in [5.41, 5.74) is -1.32. The number of carbonyl (C=O) groups is 1. The molecule has 8 heteroatoms. The Balaban J connectivity index is 2.22.